The Labute approximate surface area is 197 Å². The number of benzene rings is 2. The number of rotatable bonds is 11. The van der Waals surface area contributed by atoms with E-state index in [1.54, 1.807) is 11.8 Å². The lowest BCUT2D eigenvalue weighted by atomic mass is 10.1. The van der Waals surface area contributed by atoms with E-state index in [9.17, 15) is 9.59 Å². The highest BCUT2D eigenvalue weighted by molar-refractivity contribution is 8.00. The van der Waals surface area contributed by atoms with Crippen molar-refractivity contribution in [3.8, 4) is 0 Å². The van der Waals surface area contributed by atoms with E-state index in [1.165, 1.54) is 43.2 Å². The molecule has 2 aromatic carbocycles. The number of hydrogen-bond acceptors (Lipinski definition) is 3. The maximum atomic E-state index is 12.7. The summed E-state index contributed by atoms with van der Waals surface area (Å²) in [7, 11) is 0. The Kier molecular flexibility index (Phi) is 9.22. The van der Waals surface area contributed by atoms with E-state index in [-0.39, 0.29) is 17.2 Å². The molecular weight excluding hydrogens is 416 g/mol. The first-order valence-corrected chi connectivity index (χ1v) is 12.9. The fraction of sp³-hybridized carbons (Fsp3) is 0.481. The number of nitrogens with one attached hydrogen (secondary N) is 1. The number of carbonyl (C=O) groups excluding carboxylic acids is 2. The second kappa shape index (κ2) is 12.1. The van der Waals surface area contributed by atoms with Crippen LogP contribution in [0.5, 0.6) is 0 Å². The molecular formula is C27H36N2O2S. The van der Waals surface area contributed by atoms with Crippen molar-refractivity contribution in [1.29, 1.82) is 0 Å². The van der Waals surface area contributed by atoms with Crippen molar-refractivity contribution in [2.24, 2.45) is 0 Å². The maximum Gasteiger partial charge on any atom is 0.238 e. The second-order valence-electron chi connectivity index (χ2n) is 8.74. The van der Waals surface area contributed by atoms with Crippen molar-refractivity contribution >= 4 is 35.0 Å². The monoisotopic (exact) mass is 452 g/mol. The first-order chi connectivity index (χ1) is 15.5. The zero-order chi connectivity index (χ0) is 22.9. The predicted molar refractivity (Wildman–Crippen MR) is 136 cm³/mol. The number of amides is 2. The summed E-state index contributed by atoms with van der Waals surface area (Å²) < 4.78 is 0. The molecule has 3 rings (SSSR count). The van der Waals surface area contributed by atoms with Gasteiger partial charge in [-0.05, 0) is 61.2 Å². The summed E-state index contributed by atoms with van der Waals surface area (Å²) in [5.41, 5.74) is 5.16. The van der Waals surface area contributed by atoms with Gasteiger partial charge in [0.15, 0.2) is 0 Å². The molecule has 1 atom stereocenters. The molecule has 0 spiro atoms. The average Bonchev–Trinajstić information content (AvgIpc) is 3.16. The molecule has 5 heteroatoms. The summed E-state index contributed by atoms with van der Waals surface area (Å²) in [6, 6.07) is 14.1. The van der Waals surface area contributed by atoms with Crippen molar-refractivity contribution in [1.82, 2.24) is 0 Å². The molecule has 2 aromatic rings. The summed E-state index contributed by atoms with van der Waals surface area (Å²) in [6.07, 6.45) is 8.96. The first kappa shape index (κ1) is 24.4. The third kappa shape index (κ3) is 6.61. The van der Waals surface area contributed by atoms with Gasteiger partial charge in [-0.3, -0.25) is 14.5 Å². The van der Waals surface area contributed by atoms with Crippen molar-refractivity contribution in [2.45, 2.75) is 77.5 Å². The van der Waals surface area contributed by atoms with Crippen LogP contribution in [0.2, 0.25) is 0 Å². The van der Waals surface area contributed by atoms with E-state index < -0.39 is 0 Å². The molecule has 0 aliphatic carbocycles. The minimum absolute atomic E-state index is 0.0666. The second-order valence-corrected chi connectivity index (χ2v) is 9.81. The van der Waals surface area contributed by atoms with Crippen LogP contribution in [0.1, 0.15) is 80.4 Å². The van der Waals surface area contributed by atoms with E-state index in [4.69, 9.17) is 0 Å². The summed E-state index contributed by atoms with van der Waals surface area (Å²) >= 11 is 1.63. The molecule has 32 heavy (non-hydrogen) atoms. The Bertz CT molecular complexity index is 928. The normalized spacial score (nSPS) is 15.9. The molecule has 0 aromatic heterocycles. The van der Waals surface area contributed by atoms with E-state index in [2.05, 4.69) is 38.2 Å². The zero-order valence-electron chi connectivity index (χ0n) is 19.7. The topological polar surface area (TPSA) is 49.4 Å². The molecule has 1 aliphatic rings. The molecule has 0 radical (unpaired) electrons. The lowest BCUT2D eigenvalue weighted by molar-refractivity contribution is -0.117. The minimum atomic E-state index is -0.0791. The van der Waals surface area contributed by atoms with Crippen LogP contribution in [0.4, 0.5) is 11.4 Å². The molecule has 0 saturated carbocycles. The van der Waals surface area contributed by atoms with Crippen molar-refractivity contribution in [3.63, 3.8) is 0 Å². The van der Waals surface area contributed by atoms with Crippen molar-refractivity contribution < 1.29 is 9.59 Å². The summed E-state index contributed by atoms with van der Waals surface area (Å²) in [5.74, 6) is 0.653. The van der Waals surface area contributed by atoms with Crippen LogP contribution in [-0.4, -0.2) is 17.6 Å². The van der Waals surface area contributed by atoms with Crippen LogP contribution in [0.3, 0.4) is 0 Å². The predicted octanol–water partition coefficient (Wildman–Crippen LogP) is 7.16. The molecule has 1 heterocycles. The van der Waals surface area contributed by atoms with Crippen LogP contribution in [-0.2, 0) is 9.59 Å². The number of nitrogens with zero attached hydrogens (tertiary/aromatic N) is 1. The average molecular weight is 453 g/mol. The minimum Gasteiger partial charge on any atom is -0.326 e. The highest BCUT2D eigenvalue weighted by atomic mass is 32.2. The van der Waals surface area contributed by atoms with Gasteiger partial charge in [0, 0.05) is 17.8 Å². The zero-order valence-corrected chi connectivity index (χ0v) is 20.5. The number of thioether (sulfide) groups is 1. The van der Waals surface area contributed by atoms with E-state index in [0.29, 0.717) is 12.2 Å². The van der Waals surface area contributed by atoms with Crippen LogP contribution >= 0.6 is 11.8 Å². The summed E-state index contributed by atoms with van der Waals surface area (Å²) in [6.45, 7) is 6.38. The van der Waals surface area contributed by atoms with Gasteiger partial charge >= 0.3 is 0 Å². The van der Waals surface area contributed by atoms with Crippen LogP contribution in [0.25, 0.3) is 0 Å². The van der Waals surface area contributed by atoms with Gasteiger partial charge in [0.25, 0.3) is 0 Å². The molecule has 4 nitrogen and oxygen atoms in total. The molecule has 1 aliphatic heterocycles. The number of aryl methyl sites for hydroxylation is 2. The van der Waals surface area contributed by atoms with Gasteiger partial charge in [0.05, 0.1) is 5.75 Å². The number of anilines is 2. The molecule has 1 fully saturated rings. The molecule has 172 valence electrons. The highest BCUT2D eigenvalue weighted by Crippen LogP contribution is 2.42. The SMILES string of the molecule is CCCCCCCCCC(=O)Nc1cccc(C2SCC(=O)N2c2ccc(C)c(C)c2)c1. The Morgan fingerprint density at radius 1 is 1.00 bits per heavy atom. The summed E-state index contributed by atoms with van der Waals surface area (Å²) in [4.78, 5) is 27.0. The third-order valence-electron chi connectivity index (χ3n) is 6.10. The van der Waals surface area contributed by atoms with Gasteiger partial charge < -0.3 is 5.32 Å². The summed E-state index contributed by atoms with van der Waals surface area (Å²) in [5, 5.41) is 2.97. The fourth-order valence-electron chi connectivity index (χ4n) is 4.06. The Balaban J connectivity index is 1.59. The van der Waals surface area contributed by atoms with Gasteiger partial charge in [0.2, 0.25) is 11.8 Å². The smallest absolute Gasteiger partial charge is 0.238 e. The van der Waals surface area contributed by atoms with Crippen LogP contribution in [0.15, 0.2) is 42.5 Å². The Morgan fingerprint density at radius 3 is 2.50 bits per heavy atom. The highest BCUT2D eigenvalue weighted by Gasteiger charge is 2.34. The van der Waals surface area contributed by atoms with E-state index >= 15 is 0 Å². The fourth-order valence-corrected chi connectivity index (χ4v) is 5.23. The molecule has 1 N–H and O–H groups in total. The quantitative estimate of drug-likeness (QED) is 0.368. The van der Waals surface area contributed by atoms with Gasteiger partial charge in [-0.1, -0.05) is 63.6 Å². The standard InChI is InChI=1S/C27H36N2O2S/c1-4-5-6-7-8-9-10-14-25(30)28-23-13-11-12-22(18-23)27-29(26(31)19-32-27)24-16-15-20(2)21(3)17-24/h11-13,15-18,27H,4-10,14,19H2,1-3H3,(H,28,30). The van der Waals surface area contributed by atoms with Crippen LogP contribution < -0.4 is 10.2 Å². The largest absolute Gasteiger partial charge is 0.326 e. The van der Waals surface area contributed by atoms with Crippen molar-refractivity contribution in [2.75, 3.05) is 16.0 Å². The number of carbonyl (C=O) groups is 2. The van der Waals surface area contributed by atoms with Gasteiger partial charge in [-0.25, -0.2) is 0 Å². The third-order valence-corrected chi connectivity index (χ3v) is 7.31. The first-order valence-electron chi connectivity index (χ1n) is 11.9. The van der Waals surface area contributed by atoms with E-state index in [0.717, 1.165) is 29.8 Å². The van der Waals surface area contributed by atoms with Gasteiger partial charge in [-0.15, -0.1) is 11.8 Å². The van der Waals surface area contributed by atoms with Crippen LogP contribution in [0, 0.1) is 13.8 Å². The van der Waals surface area contributed by atoms with E-state index in [1.807, 2.05) is 35.2 Å². The lowest BCUT2D eigenvalue weighted by Crippen LogP contribution is -2.28. The number of unbranched alkanes of at least 4 members (excludes halogenated alkanes) is 6. The Hall–Kier alpha value is -2.27. The Morgan fingerprint density at radius 2 is 1.75 bits per heavy atom. The van der Waals surface area contributed by atoms with Crippen molar-refractivity contribution in [3.05, 3.63) is 59.2 Å². The number of hydrogen-bond donors (Lipinski definition) is 1. The lowest BCUT2D eigenvalue weighted by Gasteiger charge is -2.25. The molecule has 1 unspecified atom stereocenters. The molecule has 0 bridgehead atoms. The molecule has 2 amide bonds. The van der Waals surface area contributed by atoms with Gasteiger partial charge in [-0.2, -0.15) is 0 Å². The maximum absolute atomic E-state index is 12.7. The molecule has 1 saturated heterocycles. The van der Waals surface area contributed by atoms with Gasteiger partial charge in [0.1, 0.15) is 5.37 Å².